The molecule has 7 heteroatoms. The SMILES string of the molecule is CCOc1cc(/C=C(\C#N)C(=O)NC[C@@H]2CCCO2)ccc1OCc1ccc(F)cc1. The molecule has 1 saturated heterocycles. The van der Waals surface area contributed by atoms with E-state index in [2.05, 4.69) is 5.32 Å². The van der Waals surface area contributed by atoms with E-state index < -0.39 is 5.91 Å². The van der Waals surface area contributed by atoms with Crippen LogP contribution in [0.3, 0.4) is 0 Å². The lowest BCUT2D eigenvalue weighted by molar-refractivity contribution is -0.117. The van der Waals surface area contributed by atoms with E-state index in [4.69, 9.17) is 14.2 Å². The van der Waals surface area contributed by atoms with Gasteiger partial charge in [-0.2, -0.15) is 5.26 Å². The molecule has 1 atom stereocenters. The highest BCUT2D eigenvalue weighted by atomic mass is 19.1. The van der Waals surface area contributed by atoms with Crippen LogP contribution in [0.5, 0.6) is 11.5 Å². The van der Waals surface area contributed by atoms with Gasteiger partial charge in [-0.3, -0.25) is 4.79 Å². The standard InChI is InChI=1S/C24H25FN2O4/c1-2-29-23-13-18(7-10-22(23)31-16-17-5-8-20(25)9-6-17)12-19(14-26)24(28)27-15-21-4-3-11-30-21/h5-10,12-13,21H,2-4,11,15-16H2,1H3,(H,27,28)/b19-12+/t21-/m0/s1. The van der Waals surface area contributed by atoms with Crippen LogP contribution in [-0.4, -0.2) is 31.8 Å². The molecule has 2 aromatic carbocycles. The molecule has 0 bridgehead atoms. The molecule has 0 spiro atoms. The van der Waals surface area contributed by atoms with Crippen LogP contribution < -0.4 is 14.8 Å². The molecule has 0 saturated carbocycles. The number of rotatable bonds is 9. The molecule has 1 fully saturated rings. The third kappa shape index (κ3) is 6.56. The Balaban J connectivity index is 1.69. The molecule has 0 aliphatic carbocycles. The Morgan fingerprint density at radius 3 is 2.74 bits per heavy atom. The number of nitrogens with zero attached hydrogens (tertiary/aromatic N) is 1. The zero-order valence-electron chi connectivity index (χ0n) is 17.4. The van der Waals surface area contributed by atoms with Crippen molar-refractivity contribution in [2.75, 3.05) is 19.8 Å². The van der Waals surface area contributed by atoms with Gasteiger partial charge in [-0.15, -0.1) is 0 Å². The number of nitriles is 1. The number of carbonyl (C=O) groups is 1. The molecule has 0 radical (unpaired) electrons. The number of hydrogen-bond acceptors (Lipinski definition) is 5. The van der Waals surface area contributed by atoms with E-state index >= 15 is 0 Å². The molecule has 1 heterocycles. The fraction of sp³-hybridized carbons (Fsp3) is 0.333. The summed E-state index contributed by atoms with van der Waals surface area (Å²) in [5.41, 5.74) is 1.46. The van der Waals surface area contributed by atoms with Crippen LogP contribution in [-0.2, 0) is 16.1 Å². The maximum atomic E-state index is 13.1. The van der Waals surface area contributed by atoms with Crippen molar-refractivity contribution in [3.63, 3.8) is 0 Å². The predicted molar refractivity (Wildman–Crippen MR) is 114 cm³/mol. The number of ether oxygens (including phenoxy) is 3. The van der Waals surface area contributed by atoms with Crippen LogP contribution >= 0.6 is 0 Å². The highest BCUT2D eigenvalue weighted by Crippen LogP contribution is 2.30. The van der Waals surface area contributed by atoms with Gasteiger partial charge in [0.1, 0.15) is 24.1 Å². The van der Waals surface area contributed by atoms with E-state index in [1.807, 2.05) is 13.0 Å². The second kappa shape index (κ2) is 11.1. The third-order valence-electron chi connectivity index (χ3n) is 4.77. The first-order valence-electron chi connectivity index (χ1n) is 10.2. The van der Waals surface area contributed by atoms with Gasteiger partial charge in [-0.05, 0) is 61.2 Å². The molecular formula is C24H25FN2O4. The van der Waals surface area contributed by atoms with Crippen molar-refractivity contribution in [2.45, 2.75) is 32.5 Å². The Morgan fingerprint density at radius 2 is 2.06 bits per heavy atom. The van der Waals surface area contributed by atoms with Gasteiger partial charge in [-0.1, -0.05) is 18.2 Å². The molecule has 2 aromatic rings. The fourth-order valence-corrected chi connectivity index (χ4v) is 3.17. The monoisotopic (exact) mass is 424 g/mol. The number of amides is 1. The molecule has 0 aromatic heterocycles. The van der Waals surface area contributed by atoms with Gasteiger partial charge in [0.05, 0.1) is 12.7 Å². The Kier molecular flexibility index (Phi) is 8.02. The molecule has 1 aliphatic rings. The lowest BCUT2D eigenvalue weighted by atomic mass is 10.1. The Bertz CT molecular complexity index is 961. The number of hydrogen-bond donors (Lipinski definition) is 1. The van der Waals surface area contributed by atoms with Gasteiger partial charge in [0, 0.05) is 13.2 Å². The number of nitrogens with one attached hydrogen (secondary N) is 1. The van der Waals surface area contributed by atoms with Crippen LogP contribution in [0.4, 0.5) is 4.39 Å². The van der Waals surface area contributed by atoms with Crippen molar-refractivity contribution in [3.05, 3.63) is 65.0 Å². The van der Waals surface area contributed by atoms with Gasteiger partial charge in [0.25, 0.3) is 5.91 Å². The Morgan fingerprint density at radius 1 is 1.26 bits per heavy atom. The average Bonchev–Trinajstić information content (AvgIpc) is 3.30. The minimum absolute atomic E-state index is 0.000394. The first kappa shape index (κ1) is 22.3. The topological polar surface area (TPSA) is 80.6 Å². The first-order valence-corrected chi connectivity index (χ1v) is 10.2. The predicted octanol–water partition coefficient (Wildman–Crippen LogP) is 4.01. The highest BCUT2D eigenvalue weighted by molar-refractivity contribution is 6.01. The van der Waals surface area contributed by atoms with Crippen LogP contribution in [0, 0.1) is 17.1 Å². The van der Waals surface area contributed by atoms with Crippen LogP contribution in [0.1, 0.15) is 30.9 Å². The highest BCUT2D eigenvalue weighted by Gasteiger charge is 2.18. The van der Waals surface area contributed by atoms with Crippen molar-refractivity contribution >= 4 is 12.0 Å². The van der Waals surface area contributed by atoms with Crippen molar-refractivity contribution in [2.24, 2.45) is 0 Å². The number of benzene rings is 2. The van der Waals surface area contributed by atoms with Gasteiger partial charge >= 0.3 is 0 Å². The normalized spacial score (nSPS) is 15.9. The van der Waals surface area contributed by atoms with Gasteiger partial charge < -0.3 is 19.5 Å². The molecule has 31 heavy (non-hydrogen) atoms. The van der Waals surface area contributed by atoms with E-state index in [1.54, 1.807) is 30.3 Å². The van der Waals surface area contributed by atoms with Gasteiger partial charge in [0.2, 0.25) is 0 Å². The largest absolute Gasteiger partial charge is 0.490 e. The Labute approximate surface area is 181 Å². The molecule has 6 nitrogen and oxygen atoms in total. The van der Waals surface area contributed by atoms with Crippen molar-refractivity contribution in [1.29, 1.82) is 5.26 Å². The van der Waals surface area contributed by atoms with Crippen LogP contribution in [0.15, 0.2) is 48.0 Å². The van der Waals surface area contributed by atoms with Crippen molar-refractivity contribution in [3.8, 4) is 17.6 Å². The third-order valence-corrected chi connectivity index (χ3v) is 4.77. The quantitative estimate of drug-likeness (QED) is 0.486. The molecule has 1 aliphatic heterocycles. The second-order valence-electron chi connectivity index (χ2n) is 7.07. The maximum Gasteiger partial charge on any atom is 0.262 e. The van der Waals surface area contributed by atoms with Gasteiger partial charge in [-0.25, -0.2) is 4.39 Å². The van der Waals surface area contributed by atoms with Crippen LogP contribution in [0.2, 0.25) is 0 Å². The zero-order valence-corrected chi connectivity index (χ0v) is 17.4. The summed E-state index contributed by atoms with van der Waals surface area (Å²) >= 11 is 0. The molecule has 3 rings (SSSR count). The van der Waals surface area contributed by atoms with Gasteiger partial charge in [0.15, 0.2) is 11.5 Å². The average molecular weight is 424 g/mol. The summed E-state index contributed by atoms with van der Waals surface area (Å²) in [6.07, 6.45) is 3.41. The lowest BCUT2D eigenvalue weighted by Gasteiger charge is -2.13. The molecule has 162 valence electrons. The number of carbonyl (C=O) groups excluding carboxylic acids is 1. The Hall–Kier alpha value is -3.37. The summed E-state index contributed by atoms with van der Waals surface area (Å²) < 4.78 is 30.0. The minimum Gasteiger partial charge on any atom is -0.490 e. The van der Waals surface area contributed by atoms with E-state index in [9.17, 15) is 14.4 Å². The fourth-order valence-electron chi connectivity index (χ4n) is 3.17. The van der Waals surface area contributed by atoms with E-state index in [0.29, 0.717) is 36.8 Å². The molecular weight excluding hydrogens is 399 g/mol. The van der Waals surface area contributed by atoms with E-state index in [-0.39, 0.29) is 24.1 Å². The van der Waals surface area contributed by atoms with Crippen molar-refractivity contribution in [1.82, 2.24) is 5.32 Å². The molecule has 1 amide bonds. The van der Waals surface area contributed by atoms with Crippen molar-refractivity contribution < 1.29 is 23.4 Å². The summed E-state index contributed by atoms with van der Waals surface area (Å²) in [7, 11) is 0. The maximum absolute atomic E-state index is 13.1. The van der Waals surface area contributed by atoms with E-state index in [1.165, 1.54) is 18.2 Å². The smallest absolute Gasteiger partial charge is 0.262 e. The summed E-state index contributed by atoms with van der Waals surface area (Å²) in [6, 6.07) is 13.2. The summed E-state index contributed by atoms with van der Waals surface area (Å²) in [6.45, 7) is 3.62. The first-order chi connectivity index (χ1) is 15.1. The minimum atomic E-state index is -0.437. The summed E-state index contributed by atoms with van der Waals surface area (Å²) in [4.78, 5) is 12.4. The summed E-state index contributed by atoms with van der Waals surface area (Å²) in [5, 5.41) is 12.2. The molecule has 0 unspecified atom stereocenters. The molecule has 1 N–H and O–H groups in total. The number of halogens is 1. The second-order valence-corrected chi connectivity index (χ2v) is 7.07. The summed E-state index contributed by atoms with van der Waals surface area (Å²) in [5.74, 6) is 0.274. The van der Waals surface area contributed by atoms with Crippen LogP contribution in [0.25, 0.3) is 6.08 Å². The lowest BCUT2D eigenvalue weighted by Crippen LogP contribution is -2.32. The van der Waals surface area contributed by atoms with E-state index in [0.717, 1.165) is 18.4 Å². The zero-order chi connectivity index (χ0) is 22.1.